The van der Waals surface area contributed by atoms with E-state index in [2.05, 4.69) is 15.4 Å². The van der Waals surface area contributed by atoms with Gasteiger partial charge in [0.1, 0.15) is 17.0 Å². The van der Waals surface area contributed by atoms with Gasteiger partial charge in [-0.15, -0.1) is 0 Å². The van der Waals surface area contributed by atoms with Gasteiger partial charge in [0.2, 0.25) is 0 Å². The third-order valence-electron chi connectivity index (χ3n) is 5.39. The Morgan fingerprint density at radius 1 is 1.03 bits per heavy atom. The second kappa shape index (κ2) is 8.31. The van der Waals surface area contributed by atoms with Gasteiger partial charge in [0.05, 0.1) is 19.0 Å². The standard InChI is InChI=1S/C25H18F2N4O2/c1-33-17-11-9-16(10-12-17)21-13-22(23(26)27)31-24(29-21)19(14-28-31)25(32)30-20-8-4-6-15-5-2-3-7-18(15)20/h2-14,23H,1H3,(H,30,32). The quantitative estimate of drug-likeness (QED) is 0.375. The maximum Gasteiger partial charge on any atom is 0.280 e. The van der Waals surface area contributed by atoms with Crippen molar-refractivity contribution >= 4 is 28.0 Å². The number of nitrogens with zero attached hydrogens (tertiary/aromatic N) is 3. The molecule has 2 aromatic heterocycles. The lowest BCUT2D eigenvalue weighted by atomic mass is 10.1. The molecule has 0 unspecified atom stereocenters. The van der Waals surface area contributed by atoms with Crippen molar-refractivity contribution in [1.82, 2.24) is 14.6 Å². The highest BCUT2D eigenvalue weighted by molar-refractivity contribution is 6.11. The first-order valence-electron chi connectivity index (χ1n) is 10.2. The van der Waals surface area contributed by atoms with Crippen LogP contribution < -0.4 is 10.1 Å². The highest BCUT2D eigenvalue weighted by Crippen LogP contribution is 2.29. The van der Waals surface area contributed by atoms with Gasteiger partial charge in [-0.3, -0.25) is 4.79 Å². The van der Waals surface area contributed by atoms with E-state index in [1.165, 1.54) is 12.3 Å². The first-order valence-corrected chi connectivity index (χ1v) is 10.2. The Balaban J connectivity index is 1.59. The number of alkyl halides is 2. The van der Waals surface area contributed by atoms with Crippen LogP contribution in [0.2, 0.25) is 0 Å². The first-order chi connectivity index (χ1) is 16.0. The molecule has 8 heteroatoms. The molecule has 3 aromatic carbocycles. The molecule has 0 bridgehead atoms. The van der Waals surface area contributed by atoms with Crippen molar-refractivity contribution in [3.63, 3.8) is 0 Å². The van der Waals surface area contributed by atoms with Crippen LogP contribution in [0.5, 0.6) is 5.75 Å². The molecule has 0 aliphatic heterocycles. The van der Waals surface area contributed by atoms with E-state index < -0.39 is 12.3 Å². The van der Waals surface area contributed by atoms with Crippen LogP contribution in [0.25, 0.3) is 27.7 Å². The van der Waals surface area contributed by atoms with E-state index in [0.717, 1.165) is 15.3 Å². The minimum atomic E-state index is -2.80. The van der Waals surface area contributed by atoms with Crippen LogP contribution in [0, 0.1) is 0 Å². The summed E-state index contributed by atoms with van der Waals surface area (Å²) in [7, 11) is 1.54. The lowest BCUT2D eigenvalue weighted by Crippen LogP contribution is -2.13. The monoisotopic (exact) mass is 444 g/mol. The Labute approximate surface area is 187 Å². The SMILES string of the molecule is COc1ccc(-c2cc(C(F)F)n3ncc(C(=O)Nc4cccc5ccccc45)c3n2)cc1. The molecule has 0 radical (unpaired) electrons. The summed E-state index contributed by atoms with van der Waals surface area (Å²) in [5.41, 5.74) is 1.33. The predicted octanol–water partition coefficient (Wildman–Crippen LogP) is 5.75. The van der Waals surface area contributed by atoms with E-state index in [9.17, 15) is 13.6 Å². The molecule has 0 aliphatic carbocycles. The third kappa shape index (κ3) is 3.76. The zero-order valence-electron chi connectivity index (χ0n) is 17.5. The number of amides is 1. The number of ether oxygens (including phenoxy) is 1. The fourth-order valence-electron chi connectivity index (χ4n) is 3.74. The molecule has 0 spiro atoms. The Morgan fingerprint density at radius 3 is 2.55 bits per heavy atom. The van der Waals surface area contributed by atoms with Crippen LogP contribution in [0.15, 0.2) is 79.0 Å². The number of rotatable bonds is 5. The van der Waals surface area contributed by atoms with Gasteiger partial charge in [-0.05, 0) is 41.8 Å². The summed E-state index contributed by atoms with van der Waals surface area (Å²) in [6.45, 7) is 0. The Kier molecular flexibility index (Phi) is 5.18. The van der Waals surface area contributed by atoms with Gasteiger partial charge < -0.3 is 10.1 Å². The van der Waals surface area contributed by atoms with E-state index in [-0.39, 0.29) is 16.9 Å². The van der Waals surface area contributed by atoms with Crippen LogP contribution in [-0.4, -0.2) is 27.6 Å². The third-order valence-corrected chi connectivity index (χ3v) is 5.39. The minimum absolute atomic E-state index is 0.0522. The summed E-state index contributed by atoms with van der Waals surface area (Å²) in [6, 6.07) is 21.3. The number of fused-ring (bicyclic) bond motifs is 2. The summed E-state index contributed by atoms with van der Waals surface area (Å²) in [5.74, 6) is 0.148. The van der Waals surface area contributed by atoms with Crippen molar-refractivity contribution in [2.45, 2.75) is 6.43 Å². The number of anilines is 1. The predicted molar refractivity (Wildman–Crippen MR) is 122 cm³/mol. The highest BCUT2D eigenvalue weighted by Gasteiger charge is 2.22. The van der Waals surface area contributed by atoms with Gasteiger partial charge >= 0.3 is 0 Å². The van der Waals surface area contributed by atoms with E-state index in [1.807, 2.05) is 36.4 Å². The second-order valence-electron chi connectivity index (χ2n) is 7.37. The number of benzene rings is 3. The molecule has 0 aliphatic rings. The second-order valence-corrected chi connectivity index (χ2v) is 7.37. The van der Waals surface area contributed by atoms with Gasteiger partial charge in [-0.2, -0.15) is 5.10 Å². The lowest BCUT2D eigenvalue weighted by Gasteiger charge is -2.10. The van der Waals surface area contributed by atoms with Gasteiger partial charge in [0.25, 0.3) is 12.3 Å². The van der Waals surface area contributed by atoms with Crippen LogP contribution in [0.1, 0.15) is 22.5 Å². The molecule has 33 heavy (non-hydrogen) atoms. The molecular weight excluding hydrogens is 426 g/mol. The molecule has 1 amide bonds. The van der Waals surface area contributed by atoms with Crippen molar-refractivity contribution in [2.75, 3.05) is 12.4 Å². The largest absolute Gasteiger partial charge is 0.497 e. The summed E-state index contributed by atoms with van der Waals surface area (Å²) in [5, 5.41) is 8.72. The molecule has 1 N–H and O–H groups in total. The maximum atomic E-state index is 13.8. The van der Waals surface area contributed by atoms with Gasteiger partial charge in [0, 0.05) is 16.6 Å². The maximum absolute atomic E-state index is 13.8. The van der Waals surface area contributed by atoms with Gasteiger partial charge in [0.15, 0.2) is 5.65 Å². The number of carbonyl (C=O) groups excluding carboxylic acids is 1. The molecule has 5 rings (SSSR count). The molecule has 0 atom stereocenters. The van der Waals surface area contributed by atoms with E-state index in [1.54, 1.807) is 37.4 Å². The van der Waals surface area contributed by atoms with Crippen LogP contribution in [0.3, 0.4) is 0 Å². The number of nitrogens with one attached hydrogen (secondary N) is 1. The minimum Gasteiger partial charge on any atom is -0.497 e. The van der Waals surface area contributed by atoms with E-state index >= 15 is 0 Å². The molecular formula is C25H18F2N4O2. The number of halogens is 2. The molecule has 0 fully saturated rings. The zero-order valence-corrected chi connectivity index (χ0v) is 17.5. The summed E-state index contributed by atoms with van der Waals surface area (Å²) in [6.07, 6.45) is -1.55. The van der Waals surface area contributed by atoms with Crippen molar-refractivity contribution < 1.29 is 18.3 Å². The summed E-state index contributed by atoms with van der Waals surface area (Å²) < 4.78 is 33.8. The van der Waals surface area contributed by atoms with Crippen molar-refractivity contribution in [3.8, 4) is 17.0 Å². The molecule has 5 aromatic rings. The highest BCUT2D eigenvalue weighted by atomic mass is 19.3. The fourth-order valence-corrected chi connectivity index (χ4v) is 3.74. The van der Waals surface area contributed by atoms with Crippen LogP contribution in [0.4, 0.5) is 14.5 Å². The number of aromatic nitrogens is 3. The molecule has 2 heterocycles. The van der Waals surface area contributed by atoms with Gasteiger partial charge in [-0.1, -0.05) is 36.4 Å². The van der Waals surface area contributed by atoms with Crippen molar-refractivity contribution in [1.29, 1.82) is 0 Å². The average Bonchev–Trinajstić information content (AvgIpc) is 3.28. The Hall–Kier alpha value is -4.33. The van der Waals surface area contributed by atoms with Gasteiger partial charge in [-0.25, -0.2) is 18.3 Å². The van der Waals surface area contributed by atoms with Crippen molar-refractivity contribution in [3.05, 3.63) is 90.3 Å². The van der Waals surface area contributed by atoms with Crippen LogP contribution >= 0.6 is 0 Å². The fraction of sp³-hybridized carbons (Fsp3) is 0.0800. The number of hydrogen-bond acceptors (Lipinski definition) is 4. The van der Waals surface area contributed by atoms with Crippen LogP contribution in [-0.2, 0) is 0 Å². The zero-order chi connectivity index (χ0) is 22.9. The van der Waals surface area contributed by atoms with Crippen molar-refractivity contribution in [2.24, 2.45) is 0 Å². The molecule has 0 saturated carbocycles. The van der Waals surface area contributed by atoms with E-state index in [4.69, 9.17) is 4.74 Å². The first kappa shape index (κ1) is 20.6. The Morgan fingerprint density at radius 2 is 1.79 bits per heavy atom. The number of methoxy groups -OCH3 is 1. The molecule has 0 saturated heterocycles. The topological polar surface area (TPSA) is 68.5 Å². The number of hydrogen-bond donors (Lipinski definition) is 1. The summed E-state index contributed by atoms with van der Waals surface area (Å²) >= 11 is 0. The van der Waals surface area contributed by atoms with E-state index in [0.29, 0.717) is 22.7 Å². The lowest BCUT2D eigenvalue weighted by molar-refractivity contribution is 0.102. The summed E-state index contributed by atoms with van der Waals surface area (Å²) in [4.78, 5) is 17.6. The Bertz CT molecular complexity index is 1470. The number of carbonyl (C=O) groups is 1. The normalized spacial score (nSPS) is 11.3. The average molecular weight is 444 g/mol. The smallest absolute Gasteiger partial charge is 0.280 e. The molecule has 6 nitrogen and oxygen atoms in total. The molecule has 164 valence electrons.